The van der Waals surface area contributed by atoms with Crippen molar-refractivity contribution in [1.82, 2.24) is 0 Å². The second-order valence-corrected chi connectivity index (χ2v) is 12.9. The minimum absolute atomic E-state index is 0.190. The highest BCUT2D eigenvalue weighted by atomic mass is 16.5. The molecule has 0 bridgehead atoms. The zero-order valence-electron chi connectivity index (χ0n) is 25.4. The number of fused-ring (bicyclic) bond motifs is 2. The van der Waals surface area contributed by atoms with E-state index in [-0.39, 0.29) is 33.5 Å². The zero-order valence-corrected chi connectivity index (χ0v) is 25.4. The fraction of sp³-hybridized carbons (Fsp3) is 0.222. The lowest BCUT2D eigenvalue weighted by Crippen LogP contribution is -2.31. The van der Waals surface area contributed by atoms with Crippen molar-refractivity contribution in [2.24, 2.45) is 0 Å². The van der Waals surface area contributed by atoms with Crippen molar-refractivity contribution < 1.29 is 28.7 Å². The number of imide groups is 2. The predicted molar refractivity (Wildman–Crippen MR) is 167 cm³/mol. The van der Waals surface area contributed by atoms with E-state index in [1.807, 2.05) is 59.7 Å². The molecule has 6 rings (SSSR count). The molecule has 0 saturated heterocycles. The number of carbonyl (C=O) groups is 4. The summed E-state index contributed by atoms with van der Waals surface area (Å²) < 4.78 is 11.9. The maximum absolute atomic E-state index is 13.6. The summed E-state index contributed by atoms with van der Waals surface area (Å²) in [5.74, 6) is -0.405. The molecule has 4 aromatic carbocycles. The molecule has 0 fully saturated rings. The lowest BCUT2D eigenvalue weighted by molar-refractivity contribution is 0.0912. The summed E-state index contributed by atoms with van der Waals surface area (Å²) in [5.41, 5.74) is 1.94. The molecule has 2 heterocycles. The number of benzene rings is 4. The number of carbonyl (C=O) groups excluding carboxylic acids is 4. The minimum Gasteiger partial charge on any atom is -0.488 e. The summed E-state index contributed by atoms with van der Waals surface area (Å²) in [6.45, 7) is 12.0. The van der Waals surface area contributed by atoms with Crippen LogP contribution in [0.5, 0.6) is 17.2 Å². The van der Waals surface area contributed by atoms with Gasteiger partial charge >= 0.3 is 0 Å². The van der Waals surface area contributed by atoms with Gasteiger partial charge in [-0.05, 0) is 92.4 Å². The smallest absolute Gasteiger partial charge is 0.266 e. The molecule has 0 saturated carbocycles. The van der Waals surface area contributed by atoms with Crippen molar-refractivity contribution in [1.29, 1.82) is 0 Å². The number of amides is 4. The van der Waals surface area contributed by atoms with E-state index in [0.29, 0.717) is 28.4 Å². The molecule has 222 valence electrons. The highest BCUT2D eigenvalue weighted by Gasteiger charge is 2.40. The molecule has 0 radical (unpaired) electrons. The third-order valence-corrected chi connectivity index (χ3v) is 7.42. The van der Waals surface area contributed by atoms with Crippen molar-refractivity contribution in [3.63, 3.8) is 0 Å². The highest BCUT2D eigenvalue weighted by Crippen LogP contribution is 2.37. The Balaban J connectivity index is 1.26. The molecule has 0 aliphatic carbocycles. The van der Waals surface area contributed by atoms with Crippen molar-refractivity contribution >= 4 is 35.0 Å². The highest BCUT2D eigenvalue weighted by molar-refractivity contribution is 6.36. The standard InChI is InChI=1S/C36H32N2O6/c1-35(2,3)21-13-15-27-29(17-21)33(41)37(31(27)39)22-9-7-10-23(18-22)38-32(40)28-16-14-25(20-30(28)34(38)42)43-24-11-8-12-26(19-24)44-36(4,5)6/h7-20H,1-6H3. The van der Waals surface area contributed by atoms with Crippen LogP contribution in [0.15, 0.2) is 84.9 Å². The molecular weight excluding hydrogens is 556 g/mol. The molecule has 0 aromatic heterocycles. The lowest BCUT2D eigenvalue weighted by Gasteiger charge is -2.21. The first-order valence-electron chi connectivity index (χ1n) is 14.3. The maximum Gasteiger partial charge on any atom is 0.266 e. The van der Waals surface area contributed by atoms with Crippen LogP contribution in [0.3, 0.4) is 0 Å². The number of nitrogens with zero attached hydrogens (tertiary/aromatic N) is 2. The normalized spacial score (nSPS) is 14.7. The third-order valence-electron chi connectivity index (χ3n) is 7.42. The summed E-state index contributed by atoms with van der Waals surface area (Å²) in [6, 6.07) is 23.5. The Labute approximate surface area is 255 Å². The van der Waals surface area contributed by atoms with E-state index >= 15 is 0 Å². The van der Waals surface area contributed by atoms with Gasteiger partial charge in [-0.2, -0.15) is 0 Å². The van der Waals surface area contributed by atoms with E-state index in [2.05, 4.69) is 0 Å². The monoisotopic (exact) mass is 588 g/mol. The van der Waals surface area contributed by atoms with Crippen LogP contribution >= 0.6 is 0 Å². The Kier molecular flexibility index (Phi) is 6.68. The molecule has 0 unspecified atom stereocenters. The summed E-state index contributed by atoms with van der Waals surface area (Å²) in [6.07, 6.45) is 0. The molecule has 44 heavy (non-hydrogen) atoms. The zero-order chi connectivity index (χ0) is 31.6. The summed E-state index contributed by atoms with van der Waals surface area (Å²) in [5, 5.41) is 0. The Morgan fingerprint density at radius 1 is 0.500 bits per heavy atom. The quantitative estimate of drug-likeness (QED) is 0.224. The van der Waals surface area contributed by atoms with Gasteiger partial charge in [0.25, 0.3) is 23.6 Å². The van der Waals surface area contributed by atoms with Gasteiger partial charge in [0.05, 0.1) is 33.6 Å². The first kappa shape index (κ1) is 28.9. The number of anilines is 2. The van der Waals surface area contributed by atoms with Gasteiger partial charge in [-0.25, -0.2) is 9.80 Å². The van der Waals surface area contributed by atoms with Gasteiger partial charge < -0.3 is 9.47 Å². The molecule has 0 N–H and O–H groups in total. The molecule has 2 aliphatic rings. The molecule has 0 atom stereocenters. The van der Waals surface area contributed by atoms with Gasteiger partial charge in [0.1, 0.15) is 22.8 Å². The maximum atomic E-state index is 13.6. The van der Waals surface area contributed by atoms with E-state index in [1.165, 1.54) is 12.1 Å². The van der Waals surface area contributed by atoms with Crippen LogP contribution in [0, 0.1) is 0 Å². The van der Waals surface area contributed by atoms with Crippen LogP contribution < -0.4 is 19.3 Å². The van der Waals surface area contributed by atoms with E-state index in [1.54, 1.807) is 54.6 Å². The van der Waals surface area contributed by atoms with Gasteiger partial charge in [0, 0.05) is 6.07 Å². The number of hydrogen-bond acceptors (Lipinski definition) is 6. The van der Waals surface area contributed by atoms with E-state index in [4.69, 9.17) is 9.47 Å². The summed E-state index contributed by atoms with van der Waals surface area (Å²) >= 11 is 0. The van der Waals surface area contributed by atoms with E-state index in [9.17, 15) is 19.2 Å². The topological polar surface area (TPSA) is 93.2 Å². The van der Waals surface area contributed by atoms with Crippen LogP contribution in [0.2, 0.25) is 0 Å². The molecule has 8 heteroatoms. The van der Waals surface area contributed by atoms with Gasteiger partial charge in [-0.3, -0.25) is 19.2 Å². The first-order valence-corrected chi connectivity index (χ1v) is 14.3. The van der Waals surface area contributed by atoms with Gasteiger partial charge in [-0.15, -0.1) is 0 Å². The predicted octanol–water partition coefficient (Wildman–Crippen LogP) is 7.55. The van der Waals surface area contributed by atoms with Gasteiger partial charge in [0.2, 0.25) is 0 Å². The van der Waals surface area contributed by atoms with Crippen molar-refractivity contribution in [3.05, 3.63) is 113 Å². The molecular formula is C36H32N2O6. The molecule has 4 amide bonds. The Hall–Kier alpha value is -5.24. The fourth-order valence-electron chi connectivity index (χ4n) is 5.32. The van der Waals surface area contributed by atoms with Gasteiger partial charge in [0.15, 0.2) is 0 Å². The molecule has 2 aliphatic heterocycles. The van der Waals surface area contributed by atoms with Gasteiger partial charge in [-0.1, -0.05) is 39.0 Å². The van der Waals surface area contributed by atoms with Crippen LogP contribution in [0.4, 0.5) is 11.4 Å². The number of hydrogen-bond donors (Lipinski definition) is 0. The van der Waals surface area contributed by atoms with E-state index in [0.717, 1.165) is 15.4 Å². The van der Waals surface area contributed by atoms with Crippen molar-refractivity contribution in [2.45, 2.75) is 52.6 Å². The largest absolute Gasteiger partial charge is 0.488 e. The van der Waals surface area contributed by atoms with Crippen LogP contribution in [0.25, 0.3) is 0 Å². The Morgan fingerprint density at radius 2 is 1.00 bits per heavy atom. The van der Waals surface area contributed by atoms with Crippen molar-refractivity contribution in [2.75, 3.05) is 9.80 Å². The van der Waals surface area contributed by atoms with Crippen LogP contribution in [0.1, 0.15) is 88.5 Å². The van der Waals surface area contributed by atoms with Crippen LogP contribution in [-0.2, 0) is 5.41 Å². The third kappa shape index (κ3) is 5.13. The molecule has 4 aromatic rings. The average molecular weight is 589 g/mol. The first-order chi connectivity index (χ1) is 20.7. The Bertz CT molecular complexity index is 1880. The SMILES string of the molecule is CC(C)(C)Oc1cccc(Oc2ccc3c(c2)C(=O)N(c2cccc(N4C(=O)c5ccc(C(C)(C)C)cc5C4=O)c2)C3=O)c1. The second kappa shape index (κ2) is 10.2. The summed E-state index contributed by atoms with van der Waals surface area (Å²) in [7, 11) is 0. The fourth-order valence-corrected chi connectivity index (χ4v) is 5.32. The molecule has 0 spiro atoms. The molecule has 8 nitrogen and oxygen atoms in total. The number of ether oxygens (including phenoxy) is 2. The Morgan fingerprint density at radius 3 is 1.59 bits per heavy atom. The van der Waals surface area contributed by atoms with Crippen LogP contribution in [-0.4, -0.2) is 29.2 Å². The number of rotatable bonds is 5. The van der Waals surface area contributed by atoms with Crippen molar-refractivity contribution in [3.8, 4) is 17.2 Å². The van der Waals surface area contributed by atoms with E-state index < -0.39 is 23.6 Å². The average Bonchev–Trinajstić information content (AvgIpc) is 3.35. The summed E-state index contributed by atoms with van der Waals surface area (Å²) in [4.78, 5) is 55.9. The minimum atomic E-state index is -0.533. The lowest BCUT2D eigenvalue weighted by atomic mass is 9.85. The second-order valence-electron chi connectivity index (χ2n) is 12.9.